The molecule has 1 aromatic rings. The summed E-state index contributed by atoms with van der Waals surface area (Å²) >= 11 is 0. The first-order chi connectivity index (χ1) is 6.18. The molecule has 13 heavy (non-hydrogen) atoms. The zero-order chi connectivity index (χ0) is 9.68. The summed E-state index contributed by atoms with van der Waals surface area (Å²) in [6.45, 7) is 0.395. The Morgan fingerprint density at radius 1 is 1.54 bits per heavy atom. The molecule has 0 aliphatic carbocycles. The maximum absolute atomic E-state index is 7.24. The van der Waals surface area contributed by atoms with Gasteiger partial charge < -0.3 is 15.5 Å². The van der Waals surface area contributed by atoms with Crippen molar-refractivity contribution >= 4 is 11.9 Å². The van der Waals surface area contributed by atoms with Crippen LogP contribution in [0.1, 0.15) is 5.76 Å². The van der Waals surface area contributed by atoms with Crippen LogP contribution < -0.4 is 16.4 Å². The Morgan fingerprint density at radius 2 is 2.31 bits per heavy atom. The van der Waals surface area contributed by atoms with Crippen LogP contribution in [-0.2, 0) is 6.54 Å². The summed E-state index contributed by atoms with van der Waals surface area (Å²) in [5.41, 5.74) is 5.01. The first-order valence-corrected chi connectivity index (χ1v) is 3.64. The Bertz CT molecular complexity index is 292. The van der Waals surface area contributed by atoms with Gasteiger partial charge in [0.1, 0.15) is 5.76 Å². The molecule has 0 spiro atoms. The summed E-state index contributed by atoms with van der Waals surface area (Å²) in [4.78, 5) is 0. The number of hydrogen-bond donors (Lipinski definition) is 5. The maximum atomic E-state index is 7.24. The Hall–Kier alpha value is -1.98. The molecular formula is C7H11N5O. The van der Waals surface area contributed by atoms with Crippen molar-refractivity contribution < 1.29 is 4.42 Å². The Morgan fingerprint density at radius 3 is 2.85 bits per heavy atom. The molecule has 0 fully saturated rings. The Kier molecular flexibility index (Phi) is 2.91. The van der Waals surface area contributed by atoms with Crippen molar-refractivity contribution in [3.8, 4) is 0 Å². The van der Waals surface area contributed by atoms with E-state index >= 15 is 0 Å². The van der Waals surface area contributed by atoms with Gasteiger partial charge in [0.25, 0.3) is 0 Å². The number of furan rings is 1. The summed E-state index contributed by atoms with van der Waals surface area (Å²) in [5.74, 6) is 0.427. The largest absolute Gasteiger partial charge is 0.467 e. The second-order valence-corrected chi connectivity index (χ2v) is 2.35. The first-order valence-electron chi connectivity index (χ1n) is 3.64. The van der Waals surface area contributed by atoms with E-state index in [4.69, 9.17) is 21.0 Å². The van der Waals surface area contributed by atoms with Gasteiger partial charge in [0.2, 0.25) is 0 Å². The SMILES string of the molecule is N=C(N)NC(=N)NCc1ccco1. The zero-order valence-electron chi connectivity index (χ0n) is 6.92. The average molecular weight is 181 g/mol. The third-order valence-corrected chi connectivity index (χ3v) is 1.28. The molecule has 1 rings (SSSR count). The van der Waals surface area contributed by atoms with E-state index in [9.17, 15) is 0 Å². The molecule has 70 valence electrons. The van der Waals surface area contributed by atoms with Crippen molar-refractivity contribution in [1.82, 2.24) is 10.6 Å². The van der Waals surface area contributed by atoms with E-state index in [-0.39, 0.29) is 11.9 Å². The molecule has 0 atom stereocenters. The molecule has 0 saturated carbocycles. The van der Waals surface area contributed by atoms with Gasteiger partial charge in [-0.25, -0.2) is 0 Å². The van der Waals surface area contributed by atoms with Gasteiger partial charge in [0.15, 0.2) is 11.9 Å². The van der Waals surface area contributed by atoms with Gasteiger partial charge in [-0.05, 0) is 12.1 Å². The highest BCUT2D eigenvalue weighted by atomic mass is 16.3. The lowest BCUT2D eigenvalue weighted by molar-refractivity contribution is 0.502. The second kappa shape index (κ2) is 4.15. The van der Waals surface area contributed by atoms with E-state index in [0.717, 1.165) is 5.76 Å². The monoisotopic (exact) mass is 181 g/mol. The molecule has 0 amide bonds. The molecule has 6 N–H and O–H groups in total. The highest BCUT2D eigenvalue weighted by Gasteiger charge is 1.98. The number of guanidine groups is 2. The van der Waals surface area contributed by atoms with Gasteiger partial charge in [-0.3, -0.25) is 16.1 Å². The van der Waals surface area contributed by atoms with Gasteiger partial charge in [0.05, 0.1) is 12.8 Å². The first kappa shape index (κ1) is 9.11. The minimum absolute atomic E-state index is 0.0242. The lowest BCUT2D eigenvalue weighted by Gasteiger charge is -2.06. The predicted octanol–water partition coefficient (Wildman–Crippen LogP) is -0.213. The van der Waals surface area contributed by atoms with Crippen molar-refractivity contribution in [3.63, 3.8) is 0 Å². The number of rotatable bonds is 2. The number of hydrogen-bond acceptors (Lipinski definition) is 3. The fourth-order valence-corrected chi connectivity index (χ4v) is 0.768. The average Bonchev–Trinajstić information content (AvgIpc) is 2.51. The van der Waals surface area contributed by atoms with E-state index in [1.54, 1.807) is 18.4 Å². The summed E-state index contributed by atoms with van der Waals surface area (Å²) in [6, 6.07) is 3.55. The van der Waals surface area contributed by atoms with Gasteiger partial charge in [0, 0.05) is 0 Å². The van der Waals surface area contributed by atoms with Crippen molar-refractivity contribution in [1.29, 1.82) is 10.8 Å². The normalized spacial score (nSPS) is 9.23. The Labute approximate surface area is 75.1 Å². The van der Waals surface area contributed by atoms with E-state index in [1.165, 1.54) is 0 Å². The van der Waals surface area contributed by atoms with Crippen molar-refractivity contribution in [2.75, 3.05) is 0 Å². The summed E-state index contributed by atoms with van der Waals surface area (Å²) in [7, 11) is 0. The molecule has 0 bridgehead atoms. The van der Waals surface area contributed by atoms with E-state index < -0.39 is 0 Å². The van der Waals surface area contributed by atoms with Crippen LogP contribution in [0.15, 0.2) is 22.8 Å². The number of nitrogens with one attached hydrogen (secondary N) is 4. The van der Waals surface area contributed by atoms with Crippen LogP contribution in [0.25, 0.3) is 0 Å². The smallest absolute Gasteiger partial charge is 0.195 e. The minimum Gasteiger partial charge on any atom is -0.467 e. The van der Waals surface area contributed by atoms with Crippen molar-refractivity contribution in [2.24, 2.45) is 5.73 Å². The quantitative estimate of drug-likeness (QED) is 0.321. The van der Waals surface area contributed by atoms with E-state index in [2.05, 4.69) is 10.6 Å². The molecule has 6 nitrogen and oxygen atoms in total. The number of nitrogens with two attached hydrogens (primary N) is 1. The highest BCUT2D eigenvalue weighted by molar-refractivity contribution is 5.94. The van der Waals surface area contributed by atoms with E-state index in [1.807, 2.05) is 0 Å². The minimum atomic E-state index is -0.267. The van der Waals surface area contributed by atoms with Gasteiger partial charge in [-0.1, -0.05) is 0 Å². The molecule has 0 aromatic carbocycles. The molecule has 0 saturated heterocycles. The van der Waals surface area contributed by atoms with Crippen LogP contribution in [0.2, 0.25) is 0 Å². The standard InChI is InChI=1S/C7H11N5O/c8-6(9)12-7(10)11-4-5-2-1-3-13-5/h1-3H,4H2,(H6,8,9,10,11,12). The predicted molar refractivity (Wildman–Crippen MR) is 48.3 cm³/mol. The van der Waals surface area contributed by atoms with Gasteiger partial charge >= 0.3 is 0 Å². The Balaban J connectivity index is 2.27. The van der Waals surface area contributed by atoms with Crippen LogP contribution in [0.5, 0.6) is 0 Å². The van der Waals surface area contributed by atoms with Crippen LogP contribution >= 0.6 is 0 Å². The highest BCUT2D eigenvalue weighted by Crippen LogP contribution is 1.97. The maximum Gasteiger partial charge on any atom is 0.195 e. The topological polar surface area (TPSA) is 111 Å². The van der Waals surface area contributed by atoms with Crippen molar-refractivity contribution in [2.45, 2.75) is 6.54 Å². The zero-order valence-corrected chi connectivity index (χ0v) is 6.92. The van der Waals surface area contributed by atoms with Crippen LogP contribution in [0, 0.1) is 10.8 Å². The van der Waals surface area contributed by atoms with Crippen LogP contribution in [0.3, 0.4) is 0 Å². The van der Waals surface area contributed by atoms with E-state index in [0.29, 0.717) is 6.54 Å². The molecule has 1 heterocycles. The summed E-state index contributed by atoms with van der Waals surface area (Å²) < 4.78 is 5.02. The van der Waals surface area contributed by atoms with Gasteiger partial charge in [-0.2, -0.15) is 0 Å². The molecule has 6 heteroatoms. The molecule has 0 radical (unpaired) electrons. The summed E-state index contributed by atoms with van der Waals surface area (Å²) in [5, 5.41) is 19.0. The van der Waals surface area contributed by atoms with Crippen molar-refractivity contribution in [3.05, 3.63) is 24.2 Å². The third kappa shape index (κ3) is 3.28. The fourth-order valence-electron chi connectivity index (χ4n) is 0.768. The summed E-state index contributed by atoms with van der Waals surface area (Å²) in [6.07, 6.45) is 1.55. The second-order valence-electron chi connectivity index (χ2n) is 2.35. The molecule has 1 aromatic heterocycles. The van der Waals surface area contributed by atoms with Gasteiger partial charge in [-0.15, -0.1) is 0 Å². The lowest BCUT2D eigenvalue weighted by Crippen LogP contribution is -2.42. The fraction of sp³-hybridized carbons (Fsp3) is 0.143. The molecule has 0 unspecified atom stereocenters. The van der Waals surface area contributed by atoms with Crippen LogP contribution in [0.4, 0.5) is 0 Å². The molecule has 0 aliphatic rings. The molecule has 0 aliphatic heterocycles. The lowest BCUT2D eigenvalue weighted by atomic mass is 10.4. The van der Waals surface area contributed by atoms with Crippen LogP contribution in [-0.4, -0.2) is 11.9 Å². The third-order valence-electron chi connectivity index (χ3n) is 1.28. The molecular weight excluding hydrogens is 170 g/mol.